The van der Waals surface area contributed by atoms with Gasteiger partial charge in [-0.3, -0.25) is 0 Å². The molecule has 1 heterocycles. The van der Waals surface area contributed by atoms with Crippen molar-refractivity contribution in [2.45, 2.75) is 0 Å². The van der Waals surface area contributed by atoms with Crippen molar-refractivity contribution in [2.75, 3.05) is 0 Å². The molecule has 0 fully saturated rings. The maximum absolute atomic E-state index is 10.3. The minimum absolute atomic E-state index is 0.0948. The van der Waals surface area contributed by atoms with Crippen molar-refractivity contribution in [1.29, 1.82) is 0 Å². The first-order chi connectivity index (χ1) is 5.11. The van der Waals surface area contributed by atoms with Gasteiger partial charge < -0.3 is 5.11 Å². The molecular weight excluding hydrogens is 235 g/mol. The third-order valence-corrected chi connectivity index (χ3v) is 1.99. The Kier molecular flexibility index (Phi) is 2.41. The van der Waals surface area contributed by atoms with Gasteiger partial charge in [-0.15, -0.1) is 0 Å². The third-order valence-electron chi connectivity index (χ3n) is 0.893. The molecular formula is C5H2BrClN2O2. The van der Waals surface area contributed by atoms with Crippen LogP contribution in [0.25, 0.3) is 0 Å². The predicted octanol–water partition coefficient (Wildman–Crippen LogP) is 1.59. The first-order valence-corrected chi connectivity index (χ1v) is 3.69. The van der Waals surface area contributed by atoms with Gasteiger partial charge in [-0.05, 0) is 15.9 Å². The topological polar surface area (TPSA) is 63.1 Å². The molecule has 0 saturated heterocycles. The lowest BCUT2D eigenvalue weighted by molar-refractivity contribution is 0.0683. The highest BCUT2D eigenvalue weighted by Crippen LogP contribution is 2.17. The molecule has 6 heteroatoms. The normalized spacial score (nSPS) is 9.64. The van der Waals surface area contributed by atoms with Gasteiger partial charge in [-0.2, -0.15) is 0 Å². The number of nitrogens with zero attached hydrogens (tertiary/aromatic N) is 2. The van der Waals surface area contributed by atoms with Crippen LogP contribution in [0.15, 0.2) is 10.7 Å². The fraction of sp³-hybridized carbons (Fsp3) is 0. The van der Waals surface area contributed by atoms with Crippen LogP contribution in [0.5, 0.6) is 0 Å². The second-order valence-corrected chi connectivity index (χ2v) is 2.85. The summed E-state index contributed by atoms with van der Waals surface area (Å²) in [5.41, 5.74) is 0. The Morgan fingerprint density at radius 1 is 1.73 bits per heavy atom. The molecule has 4 nitrogen and oxygen atoms in total. The quantitative estimate of drug-likeness (QED) is 0.754. The van der Waals surface area contributed by atoms with Crippen molar-refractivity contribution < 1.29 is 9.90 Å². The first kappa shape index (κ1) is 8.42. The van der Waals surface area contributed by atoms with E-state index in [0.29, 0.717) is 4.47 Å². The molecule has 0 unspecified atom stereocenters. The molecule has 0 aliphatic carbocycles. The standard InChI is InChI=1S/C5H2BrClN2O2/c6-2-1-8-4(5(10)11)9-3(2)7/h1H,(H,10,11). The van der Waals surface area contributed by atoms with Gasteiger partial charge in [0, 0.05) is 6.20 Å². The van der Waals surface area contributed by atoms with Gasteiger partial charge in [-0.1, -0.05) is 11.6 Å². The molecule has 0 spiro atoms. The molecule has 0 amide bonds. The maximum atomic E-state index is 10.3. The van der Waals surface area contributed by atoms with Gasteiger partial charge in [0.25, 0.3) is 0 Å². The van der Waals surface area contributed by atoms with Crippen molar-refractivity contribution in [3.05, 3.63) is 21.6 Å². The van der Waals surface area contributed by atoms with Crippen LogP contribution in [-0.2, 0) is 0 Å². The predicted molar refractivity (Wildman–Crippen MR) is 41.7 cm³/mol. The van der Waals surface area contributed by atoms with Crippen molar-refractivity contribution in [1.82, 2.24) is 9.97 Å². The summed E-state index contributed by atoms with van der Waals surface area (Å²) in [5.74, 6) is -1.50. The Bertz CT molecular complexity index is 305. The van der Waals surface area contributed by atoms with Crippen molar-refractivity contribution in [2.24, 2.45) is 0 Å². The Morgan fingerprint density at radius 3 is 2.82 bits per heavy atom. The lowest BCUT2D eigenvalue weighted by Gasteiger charge is -1.94. The zero-order valence-corrected chi connectivity index (χ0v) is 7.43. The van der Waals surface area contributed by atoms with Crippen LogP contribution in [0.1, 0.15) is 10.6 Å². The van der Waals surface area contributed by atoms with E-state index in [1.165, 1.54) is 6.20 Å². The van der Waals surface area contributed by atoms with E-state index in [9.17, 15) is 4.79 Å². The number of carboxylic acid groups (broad SMARTS) is 1. The molecule has 0 bridgehead atoms. The first-order valence-electron chi connectivity index (χ1n) is 2.52. The smallest absolute Gasteiger partial charge is 0.373 e. The fourth-order valence-electron chi connectivity index (χ4n) is 0.449. The molecule has 0 saturated carbocycles. The van der Waals surface area contributed by atoms with Gasteiger partial charge in [0.2, 0.25) is 5.82 Å². The monoisotopic (exact) mass is 236 g/mol. The number of carbonyl (C=O) groups is 1. The van der Waals surface area contributed by atoms with Gasteiger partial charge in [0.05, 0.1) is 4.47 Å². The van der Waals surface area contributed by atoms with E-state index in [1.807, 2.05) is 0 Å². The summed E-state index contributed by atoms with van der Waals surface area (Å²) in [7, 11) is 0. The second kappa shape index (κ2) is 3.15. The summed E-state index contributed by atoms with van der Waals surface area (Å²) in [6.45, 7) is 0. The summed E-state index contributed by atoms with van der Waals surface area (Å²) < 4.78 is 0.476. The van der Waals surface area contributed by atoms with E-state index in [1.54, 1.807) is 0 Å². The van der Waals surface area contributed by atoms with Crippen LogP contribution in [-0.4, -0.2) is 21.0 Å². The van der Waals surface area contributed by atoms with E-state index >= 15 is 0 Å². The van der Waals surface area contributed by atoms with Gasteiger partial charge in [-0.25, -0.2) is 14.8 Å². The summed E-state index contributed by atoms with van der Waals surface area (Å²) in [4.78, 5) is 17.2. The van der Waals surface area contributed by atoms with Crippen molar-refractivity contribution in [3.63, 3.8) is 0 Å². The van der Waals surface area contributed by atoms with E-state index in [-0.39, 0.29) is 11.0 Å². The van der Waals surface area contributed by atoms with Crippen LogP contribution >= 0.6 is 27.5 Å². The maximum Gasteiger partial charge on any atom is 0.373 e. The second-order valence-electron chi connectivity index (χ2n) is 1.64. The van der Waals surface area contributed by atoms with E-state index in [0.717, 1.165) is 0 Å². The number of aromatic carboxylic acids is 1. The Morgan fingerprint density at radius 2 is 2.36 bits per heavy atom. The zero-order valence-electron chi connectivity index (χ0n) is 5.08. The molecule has 0 aliphatic heterocycles. The summed E-state index contributed by atoms with van der Waals surface area (Å²) in [6.07, 6.45) is 1.29. The summed E-state index contributed by atoms with van der Waals surface area (Å²) >= 11 is 8.53. The number of carboxylic acids is 1. The molecule has 0 radical (unpaired) electrons. The SMILES string of the molecule is O=C(O)c1ncc(Br)c(Cl)n1. The van der Waals surface area contributed by atoms with Crippen LogP contribution in [0, 0.1) is 0 Å². The van der Waals surface area contributed by atoms with Gasteiger partial charge in [0.15, 0.2) is 0 Å². The summed E-state index contributed by atoms with van der Waals surface area (Å²) in [5, 5.41) is 8.50. The number of hydrogen-bond acceptors (Lipinski definition) is 3. The number of hydrogen-bond donors (Lipinski definition) is 1. The van der Waals surface area contributed by atoms with Crippen molar-refractivity contribution >= 4 is 33.5 Å². The molecule has 1 aromatic heterocycles. The molecule has 1 rings (SSSR count). The molecule has 1 N–H and O–H groups in total. The van der Waals surface area contributed by atoms with Gasteiger partial charge >= 0.3 is 5.97 Å². The molecule has 11 heavy (non-hydrogen) atoms. The highest BCUT2D eigenvalue weighted by Gasteiger charge is 2.08. The molecule has 0 aliphatic rings. The van der Waals surface area contributed by atoms with Crippen LogP contribution < -0.4 is 0 Å². The lowest BCUT2D eigenvalue weighted by Crippen LogP contribution is -2.03. The minimum atomic E-state index is -1.20. The lowest BCUT2D eigenvalue weighted by atomic mass is 10.6. The molecule has 0 atom stereocenters. The number of aromatic nitrogens is 2. The molecule has 0 aromatic carbocycles. The summed E-state index contributed by atoms with van der Waals surface area (Å²) in [6, 6.07) is 0. The van der Waals surface area contributed by atoms with E-state index in [4.69, 9.17) is 16.7 Å². The highest BCUT2D eigenvalue weighted by molar-refractivity contribution is 9.10. The molecule has 58 valence electrons. The average molecular weight is 237 g/mol. The van der Waals surface area contributed by atoms with E-state index in [2.05, 4.69) is 25.9 Å². The number of halogens is 2. The van der Waals surface area contributed by atoms with Gasteiger partial charge in [0.1, 0.15) is 5.15 Å². The van der Waals surface area contributed by atoms with Crippen LogP contribution in [0.2, 0.25) is 5.15 Å². The third kappa shape index (κ3) is 1.87. The van der Waals surface area contributed by atoms with Crippen LogP contribution in [0.3, 0.4) is 0 Å². The van der Waals surface area contributed by atoms with Crippen molar-refractivity contribution in [3.8, 4) is 0 Å². The Labute approximate surface area is 75.4 Å². The number of rotatable bonds is 1. The Balaban J connectivity index is 3.15. The molecule has 1 aromatic rings. The minimum Gasteiger partial charge on any atom is -0.475 e. The highest BCUT2D eigenvalue weighted by atomic mass is 79.9. The van der Waals surface area contributed by atoms with E-state index < -0.39 is 5.97 Å². The fourth-order valence-corrected chi connectivity index (χ4v) is 0.769. The largest absolute Gasteiger partial charge is 0.475 e. The Hall–Kier alpha value is -0.680. The average Bonchev–Trinajstić information content (AvgIpc) is 1.94. The van der Waals surface area contributed by atoms with Crippen LogP contribution in [0.4, 0.5) is 0 Å². The zero-order chi connectivity index (χ0) is 8.43.